The number of aromatic nitrogens is 2. The van der Waals surface area contributed by atoms with Gasteiger partial charge < -0.3 is 14.7 Å². The normalized spacial score (nSPS) is 26.7. The van der Waals surface area contributed by atoms with Gasteiger partial charge >= 0.3 is 0 Å². The number of hydrogen-bond acceptors (Lipinski definition) is 5. The van der Waals surface area contributed by atoms with Crippen molar-refractivity contribution in [1.29, 1.82) is 0 Å². The summed E-state index contributed by atoms with van der Waals surface area (Å²) in [6.45, 7) is 1.78. The van der Waals surface area contributed by atoms with Gasteiger partial charge in [-0.25, -0.2) is 0 Å². The van der Waals surface area contributed by atoms with Crippen molar-refractivity contribution in [1.82, 2.24) is 20.4 Å². The molecule has 6 nitrogen and oxygen atoms in total. The molecule has 128 valence electrons. The lowest BCUT2D eigenvalue weighted by atomic mass is 10.1. The Morgan fingerprint density at radius 1 is 1.22 bits per heavy atom. The zero-order chi connectivity index (χ0) is 14.9. The van der Waals surface area contributed by atoms with Crippen molar-refractivity contribution in [2.75, 3.05) is 13.1 Å². The second kappa shape index (κ2) is 7.18. The molecule has 0 spiro atoms. The van der Waals surface area contributed by atoms with Gasteiger partial charge in [-0.2, -0.15) is 4.98 Å². The molecule has 1 aromatic rings. The third-order valence-corrected chi connectivity index (χ3v) is 5.08. The molecule has 1 saturated carbocycles. The summed E-state index contributed by atoms with van der Waals surface area (Å²) in [5.74, 6) is 2.35. The average molecular weight is 341 g/mol. The quantitative estimate of drug-likeness (QED) is 0.888. The zero-order valence-electron chi connectivity index (χ0n) is 13.4. The Hall–Kier alpha value is -1.14. The van der Waals surface area contributed by atoms with Crippen LogP contribution in [0.4, 0.5) is 0 Å². The summed E-state index contributed by atoms with van der Waals surface area (Å²) in [4.78, 5) is 18.8. The van der Waals surface area contributed by atoms with Crippen molar-refractivity contribution in [2.45, 2.75) is 69.4 Å². The lowest BCUT2D eigenvalue weighted by Gasteiger charge is -2.24. The largest absolute Gasteiger partial charge is 0.341 e. The summed E-state index contributed by atoms with van der Waals surface area (Å²) in [6.07, 6.45) is 8.03. The number of aryl methyl sites for hydroxylation is 1. The van der Waals surface area contributed by atoms with E-state index in [1.165, 1.54) is 25.7 Å². The fourth-order valence-corrected chi connectivity index (χ4v) is 3.60. The molecule has 1 aliphatic carbocycles. The second-order valence-corrected chi connectivity index (χ2v) is 6.94. The van der Waals surface area contributed by atoms with E-state index >= 15 is 0 Å². The van der Waals surface area contributed by atoms with Crippen molar-refractivity contribution < 1.29 is 9.32 Å². The molecule has 0 radical (unpaired) electrons. The van der Waals surface area contributed by atoms with Gasteiger partial charge in [0.1, 0.15) is 0 Å². The smallest absolute Gasteiger partial charge is 0.226 e. The lowest BCUT2D eigenvalue weighted by Crippen LogP contribution is -2.38. The van der Waals surface area contributed by atoms with Gasteiger partial charge in [0.2, 0.25) is 11.8 Å². The summed E-state index contributed by atoms with van der Waals surface area (Å²) < 4.78 is 5.26. The van der Waals surface area contributed by atoms with Crippen molar-refractivity contribution in [3.8, 4) is 0 Å². The molecule has 23 heavy (non-hydrogen) atoms. The van der Waals surface area contributed by atoms with Gasteiger partial charge in [-0.15, -0.1) is 12.4 Å². The first-order valence-electron chi connectivity index (χ1n) is 8.64. The highest BCUT2D eigenvalue weighted by molar-refractivity contribution is 5.85. The van der Waals surface area contributed by atoms with Crippen molar-refractivity contribution >= 4 is 18.3 Å². The third-order valence-electron chi connectivity index (χ3n) is 5.08. The van der Waals surface area contributed by atoms with E-state index in [-0.39, 0.29) is 18.3 Å². The molecule has 3 heterocycles. The second-order valence-electron chi connectivity index (χ2n) is 6.94. The maximum atomic E-state index is 12.4. The summed E-state index contributed by atoms with van der Waals surface area (Å²) in [6, 6.07) is 1.13. The molecule has 1 aromatic heterocycles. The standard InChI is InChI=1S/C16H24N4O2.ClH/c21-15(20-9-8-12-6-7-13(10-20)17-12)3-1-2-14-18-16(19-22-14)11-4-5-11;/h11-13,17H,1-10H2;1H. The number of amides is 1. The number of carbonyl (C=O) groups is 1. The lowest BCUT2D eigenvalue weighted by molar-refractivity contribution is -0.131. The number of carbonyl (C=O) groups excluding carboxylic acids is 1. The van der Waals surface area contributed by atoms with Gasteiger partial charge in [-0.05, 0) is 38.5 Å². The van der Waals surface area contributed by atoms with Crippen LogP contribution < -0.4 is 5.32 Å². The zero-order valence-corrected chi connectivity index (χ0v) is 14.2. The molecule has 0 aromatic carbocycles. The Morgan fingerprint density at radius 3 is 2.87 bits per heavy atom. The van der Waals surface area contributed by atoms with Crippen LogP contribution in [0.5, 0.6) is 0 Å². The number of fused-ring (bicyclic) bond motifs is 2. The van der Waals surface area contributed by atoms with E-state index in [0.717, 1.165) is 31.8 Å². The maximum absolute atomic E-state index is 12.4. The van der Waals surface area contributed by atoms with Gasteiger partial charge in [-0.1, -0.05) is 5.16 Å². The first-order valence-corrected chi connectivity index (χ1v) is 8.64. The number of rotatable bonds is 5. The number of halogens is 1. The first kappa shape index (κ1) is 16.7. The van der Waals surface area contributed by atoms with E-state index in [0.29, 0.717) is 36.7 Å². The van der Waals surface area contributed by atoms with Crippen LogP contribution in [0.3, 0.4) is 0 Å². The van der Waals surface area contributed by atoms with Crippen LogP contribution in [-0.2, 0) is 11.2 Å². The molecule has 1 amide bonds. The number of hydrogen-bond donors (Lipinski definition) is 1. The molecule has 3 fully saturated rings. The Morgan fingerprint density at radius 2 is 2.04 bits per heavy atom. The van der Waals surface area contributed by atoms with Crippen LogP contribution in [-0.4, -0.2) is 46.1 Å². The van der Waals surface area contributed by atoms with Crippen molar-refractivity contribution in [3.05, 3.63) is 11.7 Å². The minimum atomic E-state index is 0. The fraction of sp³-hybridized carbons (Fsp3) is 0.812. The number of nitrogens with one attached hydrogen (secondary N) is 1. The molecule has 3 aliphatic rings. The monoisotopic (exact) mass is 340 g/mol. The molecule has 1 N–H and O–H groups in total. The van der Waals surface area contributed by atoms with Crippen molar-refractivity contribution in [3.63, 3.8) is 0 Å². The first-order chi connectivity index (χ1) is 10.8. The van der Waals surface area contributed by atoms with E-state index < -0.39 is 0 Å². The highest BCUT2D eigenvalue weighted by Gasteiger charge is 2.31. The highest BCUT2D eigenvalue weighted by Crippen LogP contribution is 2.38. The minimum Gasteiger partial charge on any atom is -0.341 e. The van der Waals surface area contributed by atoms with E-state index in [9.17, 15) is 4.79 Å². The minimum absolute atomic E-state index is 0. The van der Waals surface area contributed by atoms with Gasteiger partial charge in [0, 0.05) is 43.9 Å². The van der Waals surface area contributed by atoms with E-state index in [4.69, 9.17) is 4.52 Å². The molecular formula is C16H25ClN4O2. The SMILES string of the molecule is Cl.O=C(CCCc1nc(C2CC2)no1)N1CCC2CCC(C1)N2. The topological polar surface area (TPSA) is 71.3 Å². The Balaban J connectivity index is 0.00000156. The molecule has 2 bridgehead atoms. The number of likely N-dealkylation sites (tertiary alicyclic amines) is 1. The molecular weight excluding hydrogens is 316 g/mol. The summed E-state index contributed by atoms with van der Waals surface area (Å²) in [5.41, 5.74) is 0. The molecule has 7 heteroatoms. The summed E-state index contributed by atoms with van der Waals surface area (Å²) in [7, 11) is 0. The van der Waals surface area contributed by atoms with Gasteiger partial charge in [0.05, 0.1) is 0 Å². The van der Waals surface area contributed by atoms with Crippen molar-refractivity contribution in [2.24, 2.45) is 0 Å². The van der Waals surface area contributed by atoms with Crippen LogP contribution in [0.1, 0.15) is 62.6 Å². The Kier molecular flexibility index (Phi) is 5.21. The van der Waals surface area contributed by atoms with E-state index in [1.54, 1.807) is 0 Å². The number of nitrogens with zero attached hydrogens (tertiary/aromatic N) is 3. The van der Waals surface area contributed by atoms with E-state index in [2.05, 4.69) is 15.5 Å². The molecule has 2 unspecified atom stereocenters. The van der Waals surface area contributed by atoms with Crippen LogP contribution in [0.2, 0.25) is 0 Å². The van der Waals surface area contributed by atoms with Gasteiger partial charge in [0.25, 0.3) is 0 Å². The van der Waals surface area contributed by atoms with Crippen LogP contribution in [0.15, 0.2) is 4.52 Å². The molecule has 4 rings (SSSR count). The third kappa shape index (κ3) is 4.04. The maximum Gasteiger partial charge on any atom is 0.226 e. The predicted octanol–water partition coefficient (Wildman–Crippen LogP) is 2.04. The van der Waals surface area contributed by atoms with Crippen LogP contribution in [0.25, 0.3) is 0 Å². The van der Waals surface area contributed by atoms with E-state index in [1.807, 2.05) is 4.90 Å². The van der Waals surface area contributed by atoms with Crippen LogP contribution in [0, 0.1) is 0 Å². The Bertz CT molecular complexity index is 546. The predicted molar refractivity (Wildman–Crippen MR) is 87.6 cm³/mol. The molecule has 2 saturated heterocycles. The molecule has 2 atom stereocenters. The summed E-state index contributed by atoms with van der Waals surface area (Å²) in [5, 5.41) is 7.63. The van der Waals surface area contributed by atoms with Crippen LogP contribution >= 0.6 is 12.4 Å². The molecule has 2 aliphatic heterocycles. The van der Waals surface area contributed by atoms with Gasteiger partial charge in [0.15, 0.2) is 5.82 Å². The Labute approximate surface area is 142 Å². The van der Waals surface area contributed by atoms with Gasteiger partial charge in [-0.3, -0.25) is 4.79 Å². The average Bonchev–Trinajstić information content (AvgIpc) is 3.14. The summed E-state index contributed by atoms with van der Waals surface area (Å²) >= 11 is 0. The fourth-order valence-electron chi connectivity index (χ4n) is 3.60. The highest BCUT2D eigenvalue weighted by atomic mass is 35.5.